The molecule has 0 aliphatic carbocycles. The topological polar surface area (TPSA) is 61.0 Å². The summed E-state index contributed by atoms with van der Waals surface area (Å²) in [6.45, 7) is 0. The molecule has 17 heavy (non-hydrogen) atoms. The molecule has 1 heterocycles. The van der Waals surface area contributed by atoms with E-state index >= 15 is 0 Å². The molecule has 6 heteroatoms. The predicted molar refractivity (Wildman–Crippen MR) is 72.4 cm³/mol. The summed E-state index contributed by atoms with van der Waals surface area (Å²) < 4.78 is 10.3. The van der Waals surface area contributed by atoms with E-state index < -0.39 is 0 Å². The molecule has 2 aromatic rings. The number of methoxy groups -OCH3 is 1. The van der Waals surface area contributed by atoms with Gasteiger partial charge in [0, 0.05) is 18.0 Å². The maximum absolute atomic E-state index is 5.53. The minimum absolute atomic E-state index is 0.524. The molecule has 0 fully saturated rings. The number of aryl methyl sites for hydroxylation is 2. The van der Waals surface area contributed by atoms with Crippen LogP contribution in [0, 0.1) is 0 Å². The van der Waals surface area contributed by atoms with Crippen LogP contribution >= 0.6 is 27.5 Å². The summed E-state index contributed by atoms with van der Waals surface area (Å²) in [4.78, 5) is 4.13. The Morgan fingerprint density at radius 1 is 1.41 bits per heavy atom. The van der Waals surface area contributed by atoms with Gasteiger partial charge in [0.25, 0.3) is 0 Å². The van der Waals surface area contributed by atoms with Crippen molar-refractivity contribution in [3.63, 3.8) is 0 Å². The van der Waals surface area contributed by atoms with Crippen molar-refractivity contribution >= 4 is 32.6 Å². The lowest BCUT2D eigenvalue weighted by Crippen LogP contribution is -1.95. The van der Waals surface area contributed by atoms with E-state index in [-0.39, 0.29) is 0 Å². The van der Waals surface area contributed by atoms with E-state index in [2.05, 4.69) is 31.4 Å². The van der Waals surface area contributed by atoms with Gasteiger partial charge in [-0.05, 0) is 40.0 Å². The molecule has 0 saturated carbocycles. The van der Waals surface area contributed by atoms with E-state index in [4.69, 9.17) is 10.5 Å². The fraction of sp³-hybridized carbons (Fsp3) is 0.273. The van der Waals surface area contributed by atoms with Crippen molar-refractivity contribution in [1.29, 1.82) is 0 Å². The van der Waals surface area contributed by atoms with Crippen molar-refractivity contribution in [3.8, 4) is 5.75 Å². The summed E-state index contributed by atoms with van der Waals surface area (Å²) in [6, 6.07) is 6.04. The average molecular weight is 314 g/mol. The number of halogens is 1. The number of rotatable bonds is 4. The van der Waals surface area contributed by atoms with E-state index in [9.17, 15) is 0 Å². The fourth-order valence-corrected chi connectivity index (χ4v) is 2.56. The second-order valence-electron chi connectivity index (χ2n) is 3.52. The summed E-state index contributed by atoms with van der Waals surface area (Å²) in [7, 11) is 1.65. The molecule has 0 bridgehead atoms. The molecular weight excluding hydrogens is 302 g/mol. The number of ether oxygens (including phenoxy) is 1. The third-order valence-corrected chi connectivity index (χ3v) is 3.54. The summed E-state index contributed by atoms with van der Waals surface area (Å²) in [5, 5.41) is 0.524. The van der Waals surface area contributed by atoms with Crippen LogP contribution in [0.1, 0.15) is 11.4 Å². The van der Waals surface area contributed by atoms with E-state index in [1.54, 1.807) is 7.11 Å². The molecule has 1 aromatic carbocycles. The first-order chi connectivity index (χ1) is 8.19. The van der Waals surface area contributed by atoms with Gasteiger partial charge in [-0.25, -0.2) is 4.98 Å². The largest absolute Gasteiger partial charge is 0.496 e. The Hall–Kier alpha value is -1.14. The monoisotopic (exact) mass is 313 g/mol. The molecule has 0 aliphatic heterocycles. The number of aromatic nitrogens is 2. The minimum atomic E-state index is 0.524. The van der Waals surface area contributed by atoms with Crippen LogP contribution in [0.25, 0.3) is 0 Å². The van der Waals surface area contributed by atoms with Crippen molar-refractivity contribution in [2.45, 2.75) is 12.8 Å². The van der Waals surface area contributed by atoms with Crippen LogP contribution in [0.2, 0.25) is 0 Å². The standard InChI is InChI=1S/C11H12BrN3OS/c1-16-9-4-2-7(6-8(9)12)3-5-10-14-11(13)17-15-10/h2,4,6H,3,5H2,1H3,(H2,13,14,15). The molecule has 0 saturated heterocycles. The fourth-order valence-electron chi connectivity index (χ4n) is 1.49. The number of nitrogens with zero attached hydrogens (tertiary/aromatic N) is 2. The number of nitrogens with two attached hydrogens (primary N) is 1. The molecule has 90 valence electrons. The van der Waals surface area contributed by atoms with Crippen LogP contribution in [0.5, 0.6) is 5.75 Å². The van der Waals surface area contributed by atoms with Gasteiger partial charge in [-0.2, -0.15) is 4.37 Å². The summed E-state index contributed by atoms with van der Waals surface area (Å²) in [5.74, 6) is 1.64. The van der Waals surface area contributed by atoms with Gasteiger partial charge in [-0.15, -0.1) is 0 Å². The van der Waals surface area contributed by atoms with Crippen LogP contribution in [-0.4, -0.2) is 16.5 Å². The molecule has 2 N–H and O–H groups in total. The number of hydrogen-bond acceptors (Lipinski definition) is 5. The normalized spacial score (nSPS) is 10.5. The zero-order valence-corrected chi connectivity index (χ0v) is 11.7. The second-order valence-corrected chi connectivity index (χ2v) is 5.16. The number of anilines is 1. The number of benzene rings is 1. The summed E-state index contributed by atoms with van der Waals surface area (Å²) in [5.41, 5.74) is 6.74. The van der Waals surface area contributed by atoms with Crippen LogP contribution in [0.3, 0.4) is 0 Å². The van der Waals surface area contributed by atoms with Crippen molar-refractivity contribution in [3.05, 3.63) is 34.1 Å². The van der Waals surface area contributed by atoms with E-state index in [1.165, 1.54) is 17.1 Å². The van der Waals surface area contributed by atoms with Gasteiger partial charge in [0.2, 0.25) is 0 Å². The van der Waals surface area contributed by atoms with Gasteiger partial charge in [0.15, 0.2) is 5.13 Å². The highest BCUT2D eigenvalue weighted by Crippen LogP contribution is 2.26. The summed E-state index contributed by atoms with van der Waals surface area (Å²) >= 11 is 4.70. The van der Waals surface area contributed by atoms with Crippen LogP contribution < -0.4 is 10.5 Å². The third-order valence-electron chi connectivity index (χ3n) is 2.34. The predicted octanol–water partition coefficient (Wildman–Crippen LogP) is 2.68. The lowest BCUT2D eigenvalue weighted by molar-refractivity contribution is 0.412. The highest BCUT2D eigenvalue weighted by atomic mass is 79.9. The summed E-state index contributed by atoms with van der Waals surface area (Å²) in [6.07, 6.45) is 1.69. The number of nitrogen functional groups attached to an aromatic ring is 1. The van der Waals surface area contributed by atoms with E-state index in [0.29, 0.717) is 5.13 Å². The minimum Gasteiger partial charge on any atom is -0.496 e. The first-order valence-electron chi connectivity index (χ1n) is 5.09. The van der Waals surface area contributed by atoms with Gasteiger partial charge >= 0.3 is 0 Å². The van der Waals surface area contributed by atoms with E-state index in [1.807, 2.05) is 12.1 Å². The second kappa shape index (κ2) is 5.46. The van der Waals surface area contributed by atoms with Crippen molar-refractivity contribution in [2.24, 2.45) is 0 Å². The molecule has 1 aromatic heterocycles. The van der Waals surface area contributed by atoms with Gasteiger partial charge in [-0.3, -0.25) is 0 Å². The highest BCUT2D eigenvalue weighted by molar-refractivity contribution is 9.10. The Labute approximate surface area is 112 Å². The molecule has 4 nitrogen and oxygen atoms in total. The Kier molecular flexibility index (Phi) is 3.96. The van der Waals surface area contributed by atoms with Gasteiger partial charge in [0.1, 0.15) is 11.6 Å². The first kappa shape index (κ1) is 12.3. The Morgan fingerprint density at radius 2 is 2.24 bits per heavy atom. The zero-order chi connectivity index (χ0) is 12.3. The molecule has 0 atom stereocenters. The number of hydrogen-bond donors (Lipinski definition) is 1. The Balaban J connectivity index is 2.02. The lowest BCUT2D eigenvalue weighted by Gasteiger charge is -2.05. The van der Waals surface area contributed by atoms with Crippen LogP contribution in [-0.2, 0) is 12.8 Å². The van der Waals surface area contributed by atoms with Gasteiger partial charge < -0.3 is 10.5 Å². The van der Waals surface area contributed by atoms with Crippen molar-refractivity contribution in [2.75, 3.05) is 12.8 Å². The molecule has 0 spiro atoms. The molecular formula is C11H12BrN3OS. The van der Waals surface area contributed by atoms with Gasteiger partial charge in [-0.1, -0.05) is 6.07 Å². The zero-order valence-electron chi connectivity index (χ0n) is 9.31. The lowest BCUT2D eigenvalue weighted by atomic mass is 10.1. The van der Waals surface area contributed by atoms with Crippen LogP contribution in [0.15, 0.2) is 22.7 Å². The van der Waals surface area contributed by atoms with E-state index in [0.717, 1.165) is 28.9 Å². The third kappa shape index (κ3) is 3.17. The highest BCUT2D eigenvalue weighted by Gasteiger charge is 2.04. The average Bonchev–Trinajstić information content (AvgIpc) is 2.73. The van der Waals surface area contributed by atoms with Crippen LogP contribution in [0.4, 0.5) is 5.13 Å². The molecule has 0 amide bonds. The smallest absolute Gasteiger partial charge is 0.199 e. The van der Waals surface area contributed by atoms with Crippen molar-refractivity contribution < 1.29 is 4.74 Å². The van der Waals surface area contributed by atoms with Gasteiger partial charge in [0.05, 0.1) is 11.6 Å². The molecule has 0 unspecified atom stereocenters. The SMILES string of the molecule is COc1ccc(CCc2nsc(N)n2)cc1Br. The molecule has 0 aliphatic rings. The maximum atomic E-state index is 5.53. The molecule has 2 rings (SSSR count). The first-order valence-corrected chi connectivity index (χ1v) is 6.66. The molecule has 0 radical (unpaired) electrons. The Bertz CT molecular complexity index is 515. The van der Waals surface area contributed by atoms with Crippen molar-refractivity contribution in [1.82, 2.24) is 9.36 Å². The maximum Gasteiger partial charge on any atom is 0.199 e. The quantitative estimate of drug-likeness (QED) is 0.942. The Morgan fingerprint density at radius 3 is 2.82 bits per heavy atom.